The molecule has 0 atom stereocenters. The lowest BCUT2D eigenvalue weighted by Crippen LogP contribution is -2.12. The van der Waals surface area contributed by atoms with Gasteiger partial charge in [-0.15, -0.1) is 18.3 Å². The van der Waals surface area contributed by atoms with Gasteiger partial charge in [-0.2, -0.15) is 0 Å². The highest BCUT2D eigenvalue weighted by atomic mass is 32.2. The quantitative estimate of drug-likeness (QED) is 0.343. The standard InChI is InChI=1S/C7H13NO2S/c1-2-4-8-6-11-5-3-7(9)10/h2,8H,1,3-6H2,(H,9,10). The average Bonchev–Trinajstić information content (AvgIpc) is 1.96. The predicted octanol–water partition coefficient (Wildman–Crippen LogP) is 0.927. The van der Waals surface area contributed by atoms with Crippen LogP contribution in [-0.4, -0.2) is 29.3 Å². The molecule has 0 radical (unpaired) electrons. The zero-order valence-electron chi connectivity index (χ0n) is 6.38. The fraction of sp³-hybridized carbons (Fsp3) is 0.571. The summed E-state index contributed by atoms with van der Waals surface area (Å²) in [6.45, 7) is 4.32. The molecule has 0 aliphatic rings. The van der Waals surface area contributed by atoms with Gasteiger partial charge in [-0.1, -0.05) is 6.08 Å². The number of carbonyl (C=O) groups is 1. The molecule has 0 rings (SSSR count). The summed E-state index contributed by atoms with van der Waals surface area (Å²) in [6, 6.07) is 0. The summed E-state index contributed by atoms with van der Waals surface area (Å²) < 4.78 is 0. The summed E-state index contributed by atoms with van der Waals surface area (Å²) >= 11 is 1.58. The minimum Gasteiger partial charge on any atom is -0.481 e. The van der Waals surface area contributed by atoms with E-state index in [-0.39, 0.29) is 6.42 Å². The predicted molar refractivity (Wildman–Crippen MR) is 47.8 cm³/mol. The molecule has 0 aliphatic heterocycles. The summed E-state index contributed by atoms with van der Waals surface area (Å²) in [6.07, 6.45) is 2.01. The summed E-state index contributed by atoms with van der Waals surface area (Å²) in [5.41, 5.74) is 0. The Balaban J connectivity index is 2.90. The molecule has 0 heterocycles. The Hall–Kier alpha value is -0.480. The van der Waals surface area contributed by atoms with Gasteiger partial charge >= 0.3 is 5.97 Å². The van der Waals surface area contributed by atoms with Crippen LogP contribution in [0.2, 0.25) is 0 Å². The highest BCUT2D eigenvalue weighted by molar-refractivity contribution is 7.99. The monoisotopic (exact) mass is 175 g/mol. The van der Waals surface area contributed by atoms with Gasteiger partial charge in [0.05, 0.1) is 6.42 Å². The van der Waals surface area contributed by atoms with Gasteiger partial charge in [0.2, 0.25) is 0 Å². The van der Waals surface area contributed by atoms with E-state index >= 15 is 0 Å². The molecule has 2 N–H and O–H groups in total. The van der Waals surface area contributed by atoms with Crippen LogP contribution in [0.1, 0.15) is 6.42 Å². The van der Waals surface area contributed by atoms with Gasteiger partial charge in [-0.25, -0.2) is 0 Å². The maximum Gasteiger partial charge on any atom is 0.304 e. The first-order chi connectivity index (χ1) is 5.27. The molecule has 0 aromatic carbocycles. The van der Waals surface area contributed by atoms with E-state index in [1.807, 2.05) is 0 Å². The van der Waals surface area contributed by atoms with Crippen molar-refractivity contribution >= 4 is 17.7 Å². The molecule has 11 heavy (non-hydrogen) atoms. The summed E-state index contributed by atoms with van der Waals surface area (Å²) in [4.78, 5) is 10.0. The van der Waals surface area contributed by atoms with Crippen LogP contribution in [0.5, 0.6) is 0 Å². The second-order valence-electron chi connectivity index (χ2n) is 1.94. The van der Waals surface area contributed by atoms with Crippen molar-refractivity contribution in [3.8, 4) is 0 Å². The van der Waals surface area contributed by atoms with Crippen molar-refractivity contribution in [2.75, 3.05) is 18.2 Å². The molecule has 0 saturated heterocycles. The minimum absolute atomic E-state index is 0.237. The van der Waals surface area contributed by atoms with E-state index in [2.05, 4.69) is 11.9 Å². The maximum absolute atomic E-state index is 10.0. The molecule has 0 aliphatic carbocycles. The number of nitrogens with one attached hydrogen (secondary N) is 1. The number of rotatable bonds is 7. The Bertz CT molecular complexity index is 128. The third-order valence-electron chi connectivity index (χ3n) is 0.953. The molecule has 0 amide bonds. The number of thioether (sulfide) groups is 1. The van der Waals surface area contributed by atoms with Gasteiger partial charge in [0, 0.05) is 18.2 Å². The average molecular weight is 175 g/mol. The zero-order chi connectivity index (χ0) is 8.53. The van der Waals surface area contributed by atoms with Crippen molar-refractivity contribution < 1.29 is 9.90 Å². The van der Waals surface area contributed by atoms with Crippen LogP contribution in [0.3, 0.4) is 0 Å². The molecule has 0 unspecified atom stereocenters. The molecule has 0 fully saturated rings. The van der Waals surface area contributed by atoms with Crippen molar-refractivity contribution in [2.24, 2.45) is 0 Å². The Morgan fingerprint density at radius 2 is 2.45 bits per heavy atom. The Morgan fingerprint density at radius 3 is 3.00 bits per heavy atom. The van der Waals surface area contributed by atoms with Crippen LogP contribution in [-0.2, 0) is 4.79 Å². The SMILES string of the molecule is C=CCNCSCCC(=O)O. The van der Waals surface area contributed by atoms with Crippen molar-refractivity contribution in [1.82, 2.24) is 5.32 Å². The van der Waals surface area contributed by atoms with Crippen LogP contribution in [0, 0.1) is 0 Å². The fourth-order valence-corrected chi connectivity index (χ4v) is 1.19. The lowest BCUT2D eigenvalue weighted by molar-refractivity contribution is -0.136. The van der Waals surface area contributed by atoms with Gasteiger partial charge in [0.25, 0.3) is 0 Å². The maximum atomic E-state index is 10.0. The second-order valence-corrected chi connectivity index (χ2v) is 3.04. The van der Waals surface area contributed by atoms with Crippen molar-refractivity contribution in [2.45, 2.75) is 6.42 Å². The number of carboxylic acid groups (broad SMARTS) is 1. The number of hydrogen-bond acceptors (Lipinski definition) is 3. The van der Waals surface area contributed by atoms with Gasteiger partial charge in [0.1, 0.15) is 0 Å². The summed E-state index contributed by atoms with van der Waals surface area (Å²) in [5, 5.41) is 11.3. The third kappa shape index (κ3) is 9.52. The van der Waals surface area contributed by atoms with Crippen LogP contribution < -0.4 is 5.32 Å². The van der Waals surface area contributed by atoms with E-state index in [0.717, 1.165) is 12.4 Å². The van der Waals surface area contributed by atoms with E-state index in [1.54, 1.807) is 17.8 Å². The van der Waals surface area contributed by atoms with Gasteiger partial charge in [-0.3, -0.25) is 4.79 Å². The van der Waals surface area contributed by atoms with Crippen molar-refractivity contribution in [1.29, 1.82) is 0 Å². The first-order valence-electron chi connectivity index (χ1n) is 3.38. The Kier molecular flexibility index (Phi) is 7.29. The van der Waals surface area contributed by atoms with E-state index in [0.29, 0.717) is 5.75 Å². The van der Waals surface area contributed by atoms with Crippen molar-refractivity contribution in [3.63, 3.8) is 0 Å². The van der Waals surface area contributed by atoms with Crippen LogP contribution in [0.25, 0.3) is 0 Å². The van der Waals surface area contributed by atoms with Gasteiger partial charge < -0.3 is 10.4 Å². The molecule has 64 valence electrons. The molecular formula is C7H13NO2S. The summed E-state index contributed by atoms with van der Waals surface area (Å²) in [5.74, 6) is 0.722. The smallest absolute Gasteiger partial charge is 0.304 e. The molecule has 0 spiro atoms. The minimum atomic E-state index is -0.735. The normalized spacial score (nSPS) is 9.45. The molecule has 0 saturated carbocycles. The van der Waals surface area contributed by atoms with Gasteiger partial charge in [-0.05, 0) is 0 Å². The third-order valence-corrected chi connectivity index (χ3v) is 1.85. The Labute approximate surface area is 70.9 Å². The highest BCUT2D eigenvalue weighted by Crippen LogP contribution is 1.98. The highest BCUT2D eigenvalue weighted by Gasteiger charge is 1.94. The number of carboxylic acids is 1. The van der Waals surface area contributed by atoms with E-state index in [9.17, 15) is 4.79 Å². The lowest BCUT2D eigenvalue weighted by atomic mass is 10.5. The molecule has 3 nitrogen and oxygen atoms in total. The fourth-order valence-electron chi connectivity index (χ4n) is 0.465. The summed E-state index contributed by atoms with van der Waals surface area (Å²) in [7, 11) is 0. The topological polar surface area (TPSA) is 49.3 Å². The van der Waals surface area contributed by atoms with Crippen LogP contribution in [0.4, 0.5) is 0 Å². The molecular weight excluding hydrogens is 162 g/mol. The molecule has 0 aromatic rings. The molecule has 4 heteroatoms. The van der Waals surface area contributed by atoms with E-state index in [4.69, 9.17) is 5.11 Å². The first kappa shape index (κ1) is 10.5. The molecule has 0 bridgehead atoms. The zero-order valence-corrected chi connectivity index (χ0v) is 7.19. The molecule has 0 aromatic heterocycles. The van der Waals surface area contributed by atoms with Crippen LogP contribution in [0.15, 0.2) is 12.7 Å². The first-order valence-corrected chi connectivity index (χ1v) is 4.54. The Morgan fingerprint density at radius 1 is 1.73 bits per heavy atom. The van der Waals surface area contributed by atoms with E-state index < -0.39 is 5.97 Å². The number of aliphatic carboxylic acids is 1. The van der Waals surface area contributed by atoms with Crippen molar-refractivity contribution in [3.05, 3.63) is 12.7 Å². The second kappa shape index (κ2) is 7.63. The number of hydrogen-bond donors (Lipinski definition) is 2. The lowest BCUT2D eigenvalue weighted by Gasteiger charge is -1.98. The van der Waals surface area contributed by atoms with E-state index in [1.165, 1.54) is 0 Å². The van der Waals surface area contributed by atoms with Crippen LogP contribution >= 0.6 is 11.8 Å². The van der Waals surface area contributed by atoms with Gasteiger partial charge in [0.15, 0.2) is 0 Å². The largest absolute Gasteiger partial charge is 0.481 e.